The van der Waals surface area contributed by atoms with Crippen LogP contribution in [0.1, 0.15) is 112 Å². The number of methoxy groups -OCH3 is 1. The van der Waals surface area contributed by atoms with E-state index in [-0.39, 0.29) is 59.3 Å². The number of hydrogen-bond donors (Lipinski definition) is 3. The summed E-state index contributed by atoms with van der Waals surface area (Å²) in [6.07, 6.45) is 12.1. The zero-order chi connectivity index (χ0) is 47.9. The van der Waals surface area contributed by atoms with Gasteiger partial charge in [0.1, 0.15) is 33.9 Å². The molecular weight excluding hydrogens is 871 g/mol. The van der Waals surface area contributed by atoms with Gasteiger partial charge < -0.3 is 34.5 Å². The second-order valence-corrected chi connectivity index (χ2v) is 24.2. The first kappa shape index (κ1) is 46.9. The van der Waals surface area contributed by atoms with Gasteiger partial charge in [0.25, 0.3) is 5.91 Å². The summed E-state index contributed by atoms with van der Waals surface area (Å²) in [5.41, 5.74) is 16.0. The van der Waals surface area contributed by atoms with Crippen LogP contribution in [0.5, 0.6) is 11.5 Å². The molecule has 4 heterocycles. The van der Waals surface area contributed by atoms with Gasteiger partial charge in [0.2, 0.25) is 23.5 Å². The number of rotatable bonds is 21. The highest BCUT2D eigenvalue weighted by Crippen LogP contribution is 2.38. The lowest BCUT2D eigenvalue weighted by Crippen LogP contribution is -2.41. The first-order valence-electron chi connectivity index (χ1n) is 22.9. The van der Waals surface area contributed by atoms with E-state index in [9.17, 15) is 19.2 Å². The molecule has 8 rings (SSSR count). The van der Waals surface area contributed by atoms with Gasteiger partial charge in [0.15, 0.2) is 14.1 Å². The fourth-order valence-corrected chi connectivity index (χ4v) is 9.05. The third-order valence-electron chi connectivity index (χ3n) is 13.1. The molecule has 5 N–H and O–H groups in total. The van der Waals surface area contributed by atoms with Gasteiger partial charge >= 0.3 is 0 Å². The van der Waals surface area contributed by atoms with Crippen LogP contribution in [-0.4, -0.2) is 90.8 Å². The Balaban J connectivity index is 1.16. The number of nitrogens with one attached hydrogen (secondary N) is 1. The van der Waals surface area contributed by atoms with E-state index < -0.39 is 20.1 Å². The zero-order valence-corrected chi connectivity index (χ0v) is 40.6. The quantitative estimate of drug-likeness (QED) is 0.0289. The first-order chi connectivity index (χ1) is 31.8. The van der Waals surface area contributed by atoms with E-state index in [1.54, 1.807) is 44.5 Å². The number of benzene rings is 2. The Morgan fingerprint density at radius 2 is 1.31 bits per heavy atom. The average Bonchev–Trinajstić information content (AvgIpc) is 4.13. The van der Waals surface area contributed by atoms with Crippen molar-refractivity contribution >= 4 is 59.8 Å². The molecule has 0 atom stereocenters. The van der Waals surface area contributed by atoms with Gasteiger partial charge in [-0.15, -0.1) is 0 Å². The van der Waals surface area contributed by atoms with E-state index in [4.69, 9.17) is 35.3 Å². The maximum Gasteiger partial charge on any atom is 0.276 e. The molecule has 0 bridgehead atoms. The Hall–Kier alpha value is -6.60. The van der Waals surface area contributed by atoms with E-state index in [0.29, 0.717) is 82.9 Å². The molecule has 2 saturated carbocycles. The van der Waals surface area contributed by atoms with E-state index in [1.807, 2.05) is 30.6 Å². The molecule has 4 aromatic heterocycles. The minimum atomic E-state index is -2.00. The molecule has 0 spiro atoms. The van der Waals surface area contributed by atoms with Crippen LogP contribution in [-0.2, 0) is 30.6 Å². The number of carbonyl (C=O) groups excluding carboxylic acids is 4. The van der Waals surface area contributed by atoms with E-state index in [0.717, 1.165) is 36.8 Å². The summed E-state index contributed by atoms with van der Waals surface area (Å²) in [6.45, 7) is 17.0. The number of amides is 3. The number of carbonyl (C=O) groups is 4. The highest BCUT2D eigenvalue weighted by Gasteiger charge is 2.37. The van der Waals surface area contributed by atoms with Gasteiger partial charge in [-0.05, 0) is 105 Å². The Morgan fingerprint density at radius 1 is 0.776 bits per heavy atom. The van der Waals surface area contributed by atoms with Crippen LogP contribution in [0.2, 0.25) is 18.1 Å². The maximum atomic E-state index is 14.6. The minimum absolute atomic E-state index is 0.0473. The molecule has 2 fully saturated rings. The summed E-state index contributed by atoms with van der Waals surface area (Å²) in [5, 5.41) is 12.1. The fourth-order valence-electron chi connectivity index (χ4n) is 7.96. The van der Waals surface area contributed by atoms with E-state index >= 15 is 0 Å². The molecule has 67 heavy (non-hydrogen) atoms. The van der Waals surface area contributed by atoms with Crippen LogP contribution in [0.3, 0.4) is 0 Å². The van der Waals surface area contributed by atoms with Gasteiger partial charge in [-0.2, -0.15) is 10.2 Å². The van der Waals surface area contributed by atoms with Crippen molar-refractivity contribution in [2.75, 3.05) is 25.6 Å². The van der Waals surface area contributed by atoms with E-state index in [2.05, 4.69) is 49.4 Å². The number of primary amides is 2. The van der Waals surface area contributed by atoms with Gasteiger partial charge in [-0.1, -0.05) is 32.9 Å². The predicted molar refractivity (Wildman–Crippen MR) is 256 cm³/mol. The van der Waals surface area contributed by atoms with Gasteiger partial charge in [-0.3, -0.25) is 33.9 Å². The van der Waals surface area contributed by atoms with Crippen LogP contribution in [0.4, 0.5) is 5.95 Å². The summed E-state index contributed by atoms with van der Waals surface area (Å²) < 4.78 is 25.7. The number of nitrogens with two attached hydrogens (primary N) is 2. The average molecular weight is 932 g/mol. The number of imidazole rings is 2. The van der Waals surface area contributed by atoms with Gasteiger partial charge in [-0.25, -0.2) is 9.97 Å². The molecule has 0 saturated heterocycles. The monoisotopic (exact) mass is 931 g/mol. The van der Waals surface area contributed by atoms with Crippen molar-refractivity contribution in [3.8, 4) is 11.5 Å². The summed E-state index contributed by atoms with van der Waals surface area (Å²) in [4.78, 5) is 63.5. The number of allylic oxidation sites excluding steroid dienone is 2. The van der Waals surface area contributed by atoms with Crippen molar-refractivity contribution < 1.29 is 33.1 Å². The minimum Gasteiger partial charge on any atom is -0.494 e. The maximum absolute atomic E-state index is 14.6. The second kappa shape index (κ2) is 18.6. The third-order valence-corrected chi connectivity index (χ3v) is 17.7. The normalized spacial score (nSPS) is 14.4. The van der Waals surface area contributed by atoms with Crippen molar-refractivity contribution in [1.29, 1.82) is 0 Å². The lowest BCUT2D eigenvalue weighted by Gasteiger charge is -2.36. The zero-order valence-electron chi connectivity index (χ0n) is 39.6. The molecule has 3 amide bonds. The first-order valence-corrected chi connectivity index (χ1v) is 25.8. The van der Waals surface area contributed by atoms with Crippen LogP contribution >= 0.6 is 0 Å². The summed E-state index contributed by atoms with van der Waals surface area (Å²) >= 11 is 0. The SMILES string of the molecule is COc1cc(C(N)=O)cc2nc(C(=O)c3c(C)cnn3CC3CC3)n(CC=CCn3c(NC(=O)c4c(C)cnn4CC4CC4)nc4cc(C(N)=O)cc(OCCCO[Si](C)(C)C(C)(C)C)c43)c12. The molecule has 19 heteroatoms. The van der Waals surface area contributed by atoms with Crippen LogP contribution in [0.25, 0.3) is 22.1 Å². The molecule has 6 aromatic rings. The summed E-state index contributed by atoms with van der Waals surface area (Å²) in [7, 11) is -0.518. The number of nitrogens with zero attached hydrogens (tertiary/aromatic N) is 8. The Morgan fingerprint density at radius 3 is 1.88 bits per heavy atom. The number of aryl methyl sites for hydroxylation is 2. The summed E-state index contributed by atoms with van der Waals surface area (Å²) in [5.74, 6) is -0.0824. The lowest BCUT2D eigenvalue weighted by molar-refractivity contribution is 0.0991. The lowest BCUT2D eigenvalue weighted by atomic mass is 10.1. The van der Waals surface area contributed by atoms with Crippen molar-refractivity contribution in [3.05, 3.63) is 88.3 Å². The van der Waals surface area contributed by atoms with Crippen molar-refractivity contribution in [1.82, 2.24) is 38.7 Å². The fraction of sp³-hybridized carbons (Fsp3) is 0.458. The second-order valence-electron chi connectivity index (χ2n) is 19.4. The number of fused-ring (bicyclic) bond motifs is 2. The number of ether oxygens (including phenoxy) is 2. The molecule has 2 aromatic carbocycles. The van der Waals surface area contributed by atoms with E-state index in [1.165, 1.54) is 13.2 Å². The molecular formula is C48H61N11O7Si. The molecule has 354 valence electrons. The predicted octanol–water partition coefficient (Wildman–Crippen LogP) is 6.95. The van der Waals surface area contributed by atoms with Crippen molar-refractivity contribution in [3.63, 3.8) is 0 Å². The smallest absolute Gasteiger partial charge is 0.276 e. The Labute approximate surface area is 390 Å². The Kier molecular flexibility index (Phi) is 13.0. The molecule has 18 nitrogen and oxygen atoms in total. The summed E-state index contributed by atoms with van der Waals surface area (Å²) in [6, 6.07) is 6.27. The largest absolute Gasteiger partial charge is 0.494 e. The van der Waals surface area contributed by atoms with Crippen LogP contribution in [0, 0.1) is 25.7 Å². The van der Waals surface area contributed by atoms with Gasteiger partial charge in [0, 0.05) is 50.3 Å². The Bertz CT molecular complexity index is 2930. The molecule has 2 aliphatic carbocycles. The number of hydrogen-bond acceptors (Lipinski definition) is 11. The van der Waals surface area contributed by atoms with Crippen molar-refractivity contribution in [2.24, 2.45) is 23.3 Å². The third kappa shape index (κ3) is 9.93. The number of aromatic nitrogens is 8. The van der Waals surface area contributed by atoms with Crippen LogP contribution in [0.15, 0.2) is 48.8 Å². The van der Waals surface area contributed by atoms with Crippen LogP contribution < -0.4 is 26.3 Å². The number of anilines is 1. The highest BCUT2D eigenvalue weighted by molar-refractivity contribution is 6.74. The highest BCUT2D eigenvalue weighted by atomic mass is 28.4. The molecule has 0 unspecified atom stereocenters. The van der Waals surface area contributed by atoms with Crippen molar-refractivity contribution in [2.45, 2.75) is 111 Å². The standard InChI is InChI=1S/C48H61N11O7Si/c1-28-24-51-58(26-30-12-13-30)38(28)42(60)45-53-34-20-32(43(49)61)22-36(64-6)40(34)56(45)16-9-10-17-57-41-35(54-47(57)55-46(63)39-29(2)25-52-59(39)27-31-14-15-31)21-33(44(50)62)23-37(41)65-18-11-19-66-67(7,8)48(3,4)5/h9-10,20-25,30-31H,11-19,26-27H2,1-8H3,(H2,49,61)(H2,50,62)(H,54,55,63). The molecule has 2 aliphatic rings. The molecule has 0 aliphatic heterocycles. The molecule has 0 radical (unpaired) electrons. The van der Waals surface area contributed by atoms with Gasteiger partial charge in [0.05, 0.1) is 37.1 Å². The number of ketones is 1. The topological polar surface area (TPSA) is 231 Å².